The Kier molecular flexibility index (Phi) is 4.23. The van der Waals surface area contributed by atoms with E-state index in [9.17, 15) is 9.59 Å². The summed E-state index contributed by atoms with van der Waals surface area (Å²) in [4.78, 5) is 23.5. The van der Waals surface area contributed by atoms with Crippen LogP contribution in [0.15, 0.2) is 42.5 Å². The van der Waals surface area contributed by atoms with Crippen molar-refractivity contribution in [2.45, 2.75) is 6.92 Å². The molecular weight excluding hydrogens is 268 g/mol. The van der Waals surface area contributed by atoms with Crippen LogP contribution in [0.2, 0.25) is 0 Å². The summed E-state index contributed by atoms with van der Waals surface area (Å²) in [6.45, 7) is 1.95. The molecule has 2 rings (SSSR count). The normalized spacial score (nSPS) is 10.0. The number of anilines is 2. The first-order valence-electron chi connectivity index (χ1n) is 6.37. The molecule has 5 nitrogen and oxygen atoms in total. The van der Waals surface area contributed by atoms with Crippen molar-refractivity contribution in [3.05, 3.63) is 59.2 Å². The maximum atomic E-state index is 12.1. The highest BCUT2D eigenvalue weighted by atomic mass is 16.5. The van der Waals surface area contributed by atoms with Gasteiger partial charge in [-0.2, -0.15) is 0 Å². The highest BCUT2D eigenvalue weighted by molar-refractivity contribution is 6.06. The maximum Gasteiger partial charge on any atom is 0.337 e. The van der Waals surface area contributed by atoms with Crippen molar-refractivity contribution in [1.82, 2.24) is 0 Å². The lowest BCUT2D eigenvalue weighted by Crippen LogP contribution is -2.13. The largest absolute Gasteiger partial charge is 0.465 e. The first kappa shape index (κ1) is 14.6. The average molecular weight is 284 g/mol. The number of ether oxygens (including phenoxy) is 1. The lowest BCUT2D eigenvalue weighted by Gasteiger charge is -2.09. The molecule has 0 saturated carbocycles. The van der Waals surface area contributed by atoms with E-state index >= 15 is 0 Å². The molecule has 0 heterocycles. The van der Waals surface area contributed by atoms with Gasteiger partial charge in [0.05, 0.1) is 24.0 Å². The molecule has 0 aliphatic carbocycles. The van der Waals surface area contributed by atoms with Crippen LogP contribution < -0.4 is 11.1 Å². The molecule has 2 aromatic rings. The molecule has 108 valence electrons. The first-order chi connectivity index (χ1) is 10.0. The number of benzene rings is 2. The van der Waals surface area contributed by atoms with Crippen LogP contribution in [0.5, 0.6) is 0 Å². The standard InChI is InChI=1S/C16H16N2O3/c1-10-3-5-11(6-4-10)15(19)18-14-8-7-12(9-13(14)17)16(20)21-2/h3-9H,17H2,1-2H3,(H,18,19). The number of nitrogens with one attached hydrogen (secondary N) is 1. The van der Waals surface area contributed by atoms with E-state index in [1.165, 1.54) is 13.2 Å². The summed E-state index contributed by atoms with van der Waals surface area (Å²) in [5.41, 5.74) is 8.55. The van der Waals surface area contributed by atoms with Gasteiger partial charge in [0.2, 0.25) is 0 Å². The monoisotopic (exact) mass is 284 g/mol. The van der Waals surface area contributed by atoms with E-state index in [1.54, 1.807) is 24.3 Å². The van der Waals surface area contributed by atoms with Crippen LogP contribution in [-0.2, 0) is 4.74 Å². The van der Waals surface area contributed by atoms with Crippen molar-refractivity contribution in [2.24, 2.45) is 0 Å². The third kappa shape index (κ3) is 3.39. The summed E-state index contributed by atoms with van der Waals surface area (Å²) in [5, 5.41) is 2.71. The van der Waals surface area contributed by atoms with Gasteiger partial charge in [-0.25, -0.2) is 4.79 Å². The molecule has 0 spiro atoms. The summed E-state index contributed by atoms with van der Waals surface area (Å²) in [6, 6.07) is 11.8. The summed E-state index contributed by atoms with van der Waals surface area (Å²) in [6.07, 6.45) is 0. The minimum absolute atomic E-state index is 0.257. The Morgan fingerprint density at radius 2 is 1.67 bits per heavy atom. The van der Waals surface area contributed by atoms with E-state index in [1.807, 2.05) is 19.1 Å². The Hall–Kier alpha value is -2.82. The van der Waals surface area contributed by atoms with Crippen LogP contribution in [0.25, 0.3) is 0 Å². The van der Waals surface area contributed by atoms with Crippen LogP contribution in [0.3, 0.4) is 0 Å². The molecule has 5 heteroatoms. The van der Waals surface area contributed by atoms with Crippen LogP contribution in [-0.4, -0.2) is 19.0 Å². The van der Waals surface area contributed by atoms with E-state index in [-0.39, 0.29) is 5.91 Å². The minimum atomic E-state index is -0.474. The zero-order valence-electron chi connectivity index (χ0n) is 11.8. The molecule has 0 aliphatic heterocycles. The fourth-order valence-electron chi connectivity index (χ4n) is 1.82. The summed E-state index contributed by atoms with van der Waals surface area (Å²) in [5.74, 6) is -0.731. The molecule has 0 unspecified atom stereocenters. The molecule has 3 N–H and O–H groups in total. The number of amides is 1. The topological polar surface area (TPSA) is 81.4 Å². The number of esters is 1. The number of carbonyl (C=O) groups excluding carboxylic acids is 2. The van der Waals surface area contributed by atoms with Gasteiger partial charge in [0.1, 0.15) is 0 Å². The van der Waals surface area contributed by atoms with E-state index in [2.05, 4.69) is 10.1 Å². The van der Waals surface area contributed by atoms with Gasteiger partial charge in [0, 0.05) is 5.56 Å². The predicted molar refractivity (Wildman–Crippen MR) is 81.3 cm³/mol. The Morgan fingerprint density at radius 1 is 1.05 bits per heavy atom. The summed E-state index contributed by atoms with van der Waals surface area (Å²) < 4.78 is 4.61. The zero-order valence-corrected chi connectivity index (χ0v) is 11.8. The number of rotatable bonds is 3. The Labute approximate surface area is 122 Å². The molecule has 0 bridgehead atoms. The van der Waals surface area contributed by atoms with Gasteiger partial charge in [-0.1, -0.05) is 17.7 Å². The SMILES string of the molecule is COC(=O)c1ccc(NC(=O)c2ccc(C)cc2)c(N)c1. The summed E-state index contributed by atoms with van der Waals surface area (Å²) in [7, 11) is 1.30. The van der Waals surface area contributed by atoms with Gasteiger partial charge in [0.25, 0.3) is 5.91 Å². The van der Waals surface area contributed by atoms with Gasteiger partial charge < -0.3 is 15.8 Å². The van der Waals surface area contributed by atoms with Gasteiger partial charge >= 0.3 is 5.97 Å². The van der Waals surface area contributed by atoms with Gasteiger partial charge in [-0.05, 0) is 37.3 Å². The molecule has 0 aromatic heterocycles. The number of hydrogen-bond donors (Lipinski definition) is 2. The molecule has 0 radical (unpaired) electrons. The van der Waals surface area contributed by atoms with Crippen LogP contribution in [0.1, 0.15) is 26.3 Å². The Morgan fingerprint density at radius 3 is 2.24 bits per heavy atom. The van der Waals surface area contributed by atoms with Crippen LogP contribution >= 0.6 is 0 Å². The van der Waals surface area contributed by atoms with E-state index in [4.69, 9.17) is 5.73 Å². The number of nitrogens with two attached hydrogens (primary N) is 1. The number of carbonyl (C=O) groups is 2. The fraction of sp³-hybridized carbons (Fsp3) is 0.125. The van der Waals surface area contributed by atoms with E-state index in [0.29, 0.717) is 22.5 Å². The molecule has 0 saturated heterocycles. The molecule has 1 amide bonds. The third-order valence-corrected chi connectivity index (χ3v) is 3.03. The lowest BCUT2D eigenvalue weighted by molar-refractivity contribution is 0.0600. The smallest absolute Gasteiger partial charge is 0.337 e. The van der Waals surface area contributed by atoms with Gasteiger partial charge in [0.15, 0.2) is 0 Å². The molecule has 0 fully saturated rings. The van der Waals surface area contributed by atoms with Crippen LogP contribution in [0, 0.1) is 6.92 Å². The van der Waals surface area contributed by atoms with Gasteiger partial charge in [-0.3, -0.25) is 4.79 Å². The van der Waals surface area contributed by atoms with Crippen molar-refractivity contribution in [1.29, 1.82) is 0 Å². The Balaban J connectivity index is 2.18. The van der Waals surface area contributed by atoms with E-state index in [0.717, 1.165) is 5.56 Å². The number of hydrogen-bond acceptors (Lipinski definition) is 4. The second-order valence-corrected chi connectivity index (χ2v) is 4.61. The fourth-order valence-corrected chi connectivity index (χ4v) is 1.82. The van der Waals surface area contributed by atoms with Crippen molar-refractivity contribution in [2.75, 3.05) is 18.2 Å². The predicted octanol–water partition coefficient (Wildman–Crippen LogP) is 2.62. The van der Waals surface area contributed by atoms with E-state index < -0.39 is 5.97 Å². The first-order valence-corrected chi connectivity index (χ1v) is 6.37. The van der Waals surface area contributed by atoms with Crippen molar-refractivity contribution >= 4 is 23.3 Å². The maximum absolute atomic E-state index is 12.1. The average Bonchev–Trinajstić information content (AvgIpc) is 2.49. The van der Waals surface area contributed by atoms with Crippen molar-refractivity contribution in [3.63, 3.8) is 0 Å². The molecular formula is C16H16N2O3. The third-order valence-electron chi connectivity index (χ3n) is 3.03. The van der Waals surface area contributed by atoms with Crippen molar-refractivity contribution in [3.8, 4) is 0 Å². The highest BCUT2D eigenvalue weighted by Crippen LogP contribution is 2.21. The quantitative estimate of drug-likeness (QED) is 0.670. The Bertz CT molecular complexity index is 678. The number of methoxy groups -OCH3 is 1. The second-order valence-electron chi connectivity index (χ2n) is 4.61. The van der Waals surface area contributed by atoms with Crippen molar-refractivity contribution < 1.29 is 14.3 Å². The minimum Gasteiger partial charge on any atom is -0.465 e. The lowest BCUT2D eigenvalue weighted by atomic mass is 10.1. The van der Waals surface area contributed by atoms with Crippen LogP contribution in [0.4, 0.5) is 11.4 Å². The molecule has 0 aliphatic rings. The molecule has 2 aromatic carbocycles. The number of nitrogen functional groups attached to an aromatic ring is 1. The summed E-state index contributed by atoms with van der Waals surface area (Å²) >= 11 is 0. The molecule has 0 atom stereocenters. The highest BCUT2D eigenvalue weighted by Gasteiger charge is 2.11. The zero-order chi connectivity index (χ0) is 15.4. The molecule has 21 heavy (non-hydrogen) atoms. The second kappa shape index (κ2) is 6.09. The van der Waals surface area contributed by atoms with Gasteiger partial charge in [-0.15, -0.1) is 0 Å². The number of aryl methyl sites for hydroxylation is 1.